The van der Waals surface area contributed by atoms with Gasteiger partial charge >= 0.3 is 0 Å². The highest BCUT2D eigenvalue weighted by molar-refractivity contribution is 5.24. The van der Waals surface area contributed by atoms with E-state index in [2.05, 4.69) is 36.2 Å². The largest absolute Gasteiger partial charge is 0.372 e. The van der Waals surface area contributed by atoms with Gasteiger partial charge in [0.1, 0.15) is 0 Å². The van der Waals surface area contributed by atoms with E-state index >= 15 is 0 Å². The third-order valence-electron chi connectivity index (χ3n) is 3.54. The monoisotopic (exact) mass is 284 g/mol. The van der Waals surface area contributed by atoms with Crippen LogP contribution in [0.5, 0.6) is 0 Å². The lowest BCUT2D eigenvalue weighted by Gasteiger charge is -2.22. The van der Waals surface area contributed by atoms with Gasteiger partial charge in [-0.05, 0) is 49.9 Å². The van der Waals surface area contributed by atoms with Crippen LogP contribution in [0.1, 0.15) is 36.1 Å². The first kappa shape index (κ1) is 15.7. The molecule has 0 spiro atoms. The van der Waals surface area contributed by atoms with Crippen LogP contribution in [0.4, 0.5) is 0 Å². The molecule has 0 saturated carbocycles. The Labute approximate surface area is 127 Å². The molecule has 0 aliphatic heterocycles. The second-order valence-electron chi connectivity index (χ2n) is 5.52. The summed E-state index contributed by atoms with van der Waals surface area (Å²) in [5.41, 5.74) is 9.76. The first-order chi connectivity index (χ1) is 10.2. The Kier molecular flexibility index (Phi) is 5.90. The molecule has 0 amide bonds. The Morgan fingerprint density at radius 3 is 2.38 bits per heavy atom. The Morgan fingerprint density at radius 1 is 1.10 bits per heavy atom. The fraction of sp³-hybridized carbons (Fsp3) is 0.389. The van der Waals surface area contributed by atoms with Gasteiger partial charge in [0.15, 0.2) is 0 Å². The quantitative estimate of drug-likeness (QED) is 0.792. The average molecular weight is 284 g/mol. The van der Waals surface area contributed by atoms with Gasteiger partial charge in [-0.1, -0.05) is 29.8 Å². The van der Waals surface area contributed by atoms with Crippen molar-refractivity contribution in [2.45, 2.75) is 38.8 Å². The molecule has 3 heteroatoms. The number of aryl methyl sites for hydroxylation is 2. The molecule has 0 fully saturated rings. The normalized spacial score (nSPS) is 13.9. The molecule has 0 bridgehead atoms. The van der Waals surface area contributed by atoms with E-state index in [0.29, 0.717) is 6.61 Å². The topological polar surface area (TPSA) is 48.1 Å². The Balaban J connectivity index is 1.85. The predicted octanol–water partition coefficient (Wildman–Crippen LogP) is 3.43. The molecule has 1 heterocycles. The van der Waals surface area contributed by atoms with Crippen molar-refractivity contribution in [3.63, 3.8) is 0 Å². The molecule has 0 aliphatic rings. The minimum Gasteiger partial charge on any atom is -0.372 e. The summed E-state index contributed by atoms with van der Waals surface area (Å²) in [6, 6.07) is 12.5. The summed E-state index contributed by atoms with van der Waals surface area (Å²) in [5, 5.41) is 0. The van der Waals surface area contributed by atoms with Crippen molar-refractivity contribution in [1.82, 2.24) is 4.98 Å². The van der Waals surface area contributed by atoms with Crippen molar-refractivity contribution in [3.8, 4) is 0 Å². The molecule has 0 radical (unpaired) electrons. The van der Waals surface area contributed by atoms with Crippen molar-refractivity contribution < 1.29 is 4.74 Å². The van der Waals surface area contributed by atoms with Crippen LogP contribution in [0.15, 0.2) is 48.8 Å². The summed E-state index contributed by atoms with van der Waals surface area (Å²) in [6.07, 6.45) is 5.60. The average Bonchev–Trinajstić information content (AvgIpc) is 2.49. The SMILES string of the molecule is Cc1ccc(C(OCCCc2ccncc2)C(C)N)cc1. The number of benzene rings is 1. The van der Waals surface area contributed by atoms with Crippen molar-refractivity contribution in [3.05, 3.63) is 65.5 Å². The Morgan fingerprint density at radius 2 is 1.76 bits per heavy atom. The maximum absolute atomic E-state index is 6.07. The molecule has 3 nitrogen and oxygen atoms in total. The lowest BCUT2D eigenvalue weighted by atomic mass is 10.0. The zero-order valence-corrected chi connectivity index (χ0v) is 12.8. The maximum Gasteiger partial charge on any atom is 0.0972 e. The first-order valence-corrected chi connectivity index (χ1v) is 7.49. The van der Waals surface area contributed by atoms with E-state index in [1.165, 1.54) is 11.1 Å². The molecule has 21 heavy (non-hydrogen) atoms. The minimum atomic E-state index is -0.0389. The highest BCUT2D eigenvalue weighted by Gasteiger charge is 2.16. The van der Waals surface area contributed by atoms with Crippen LogP contribution in [-0.2, 0) is 11.2 Å². The van der Waals surface area contributed by atoms with E-state index in [4.69, 9.17) is 10.5 Å². The fourth-order valence-electron chi connectivity index (χ4n) is 2.34. The molecular weight excluding hydrogens is 260 g/mol. The molecule has 2 aromatic rings. The number of hydrogen-bond acceptors (Lipinski definition) is 3. The number of ether oxygens (including phenoxy) is 1. The number of nitrogens with two attached hydrogens (primary N) is 1. The number of rotatable bonds is 7. The zero-order chi connectivity index (χ0) is 15.1. The Bertz CT molecular complexity index is 523. The molecule has 0 saturated heterocycles. The van der Waals surface area contributed by atoms with E-state index in [9.17, 15) is 0 Å². The second kappa shape index (κ2) is 7.91. The molecule has 2 unspecified atom stereocenters. The van der Waals surface area contributed by atoms with Crippen LogP contribution < -0.4 is 5.73 Å². The maximum atomic E-state index is 6.07. The van der Waals surface area contributed by atoms with Gasteiger partial charge in [-0.3, -0.25) is 4.98 Å². The second-order valence-corrected chi connectivity index (χ2v) is 5.52. The summed E-state index contributed by atoms with van der Waals surface area (Å²) in [4.78, 5) is 4.02. The highest BCUT2D eigenvalue weighted by atomic mass is 16.5. The van der Waals surface area contributed by atoms with Crippen molar-refractivity contribution in [2.75, 3.05) is 6.61 Å². The van der Waals surface area contributed by atoms with Crippen molar-refractivity contribution in [2.24, 2.45) is 5.73 Å². The summed E-state index contributed by atoms with van der Waals surface area (Å²) in [5.74, 6) is 0. The van der Waals surface area contributed by atoms with Gasteiger partial charge in [0.25, 0.3) is 0 Å². The minimum absolute atomic E-state index is 0.0198. The molecule has 1 aromatic heterocycles. The van der Waals surface area contributed by atoms with E-state index < -0.39 is 0 Å². The lowest BCUT2D eigenvalue weighted by Crippen LogP contribution is -2.27. The molecule has 2 rings (SSSR count). The van der Waals surface area contributed by atoms with Gasteiger partial charge in [0.2, 0.25) is 0 Å². The summed E-state index contributed by atoms with van der Waals surface area (Å²) >= 11 is 0. The molecule has 112 valence electrons. The predicted molar refractivity (Wildman–Crippen MR) is 86.1 cm³/mol. The van der Waals surface area contributed by atoms with Crippen LogP contribution in [0.3, 0.4) is 0 Å². The van der Waals surface area contributed by atoms with Crippen LogP contribution in [0.2, 0.25) is 0 Å². The fourth-order valence-corrected chi connectivity index (χ4v) is 2.34. The summed E-state index contributed by atoms with van der Waals surface area (Å²) < 4.78 is 6.01. The van der Waals surface area contributed by atoms with Crippen LogP contribution in [0.25, 0.3) is 0 Å². The van der Waals surface area contributed by atoms with Gasteiger partial charge in [-0.25, -0.2) is 0 Å². The lowest BCUT2D eigenvalue weighted by molar-refractivity contribution is 0.0370. The smallest absolute Gasteiger partial charge is 0.0972 e. The molecule has 1 aromatic carbocycles. The number of nitrogens with zero attached hydrogens (tertiary/aromatic N) is 1. The van der Waals surface area contributed by atoms with E-state index in [1.54, 1.807) is 0 Å². The van der Waals surface area contributed by atoms with Gasteiger partial charge in [-0.15, -0.1) is 0 Å². The van der Waals surface area contributed by atoms with Crippen LogP contribution >= 0.6 is 0 Å². The summed E-state index contributed by atoms with van der Waals surface area (Å²) in [7, 11) is 0. The molecule has 2 N–H and O–H groups in total. The molecule has 2 atom stereocenters. The van der Waals surface area contributed by atoms with E-state index in [1.807, 2.05) is 31.5 Å². The standard InChI is InChI=1S/C18H24N2O/c1-14-5-7-17(8-6-14)18(15(2)19)21-13-3-4-16-9-11-20-12-10-16/h5-12,15,18H,3-4,13,19H2,1-2H3. The zero-order valence-electron chi connectivity index (χ0n) is 12.8. The Hall–Kier alpha value is -1.71. The third kappa shape index (κ3) is 4.96. The number of hydrogen-bond donors (Lipinski definition) is 1. The van der Waals surface area contributed by atoms with Crippen molar-refractivity contribution >= 4 is 0 Å². The molecule has 0 aliphatic carbocycles. The first-order valence-electron chi connectivity index (χ1n) is 7.49. The van der Waals surface area contributed by atoms with E-state index in [0.717, 1.165) is 18.4 Å². The van der Waals surface area contributed by atoms with E-state index in [-0.39, 0.29) is 12.1 Å². The molecular formula is C18H24N2O. The summed E-state index contributed by atoms with van der Waals surface area (Å²) in [6.45, 7) is 4.79. The van der Waals surface area contributed by atoms with Gasteiger partial charge < -0.3 is 10.5 Å². The van der Waals surface area contributed by atoms with Crippen molar-refractivity contribution in [1.29, 1.82) is 0 Å². The third-order valence-corrected chi connectivity index (χ3v) is 3.54. The number of pyridine rings is 1. The van der Waals surface area contributed by atoms with Gasteiger partial charge in [0, 0.05) is 25.0 Å². The van der Waals surface area contributed by atoms with Gasteiger partial charge in [0.05, 0.1) is 6.10 Å². The number of aromatic nitrogens is 1. The van der Waals surface area contributed by atoms with Crippen LogP contribution in [0, 0.1) is 6.92 Å². The van der Waals surface area contributed by atoms with Crippen LogP contribution in [-0.4, -0.2) is 17.6 Å². The van der Waals surface area contributed by atoms with Gasteiger partial charge in [-0.2, -0.15) is 0 Å². The highest BCUT2D eigenvalue weighted by Crippen LogP contribution is 2.21.